The molecule has 3 aromatic rings. The number of amides is 1. The Hall–Kier alpha value is -3.49. The molecule has 0 fully saturated rings. The van der Waals surface area contributed by atoms with Crippen molar-refractivity contribution in [2.45, 2.75) is 19.3 Å². The van der Waals surface area contributed by atoms with E-state index in [-0.39, 0.29) is 22.9 Å². The van der Waals surface area contributed by atoms with Crippen LogP contribution in [0.3, 0.4) is 0 Å². The van der Waals surface area contributed by atoms with Crippen LogP contribution in [0.25, 0.3) is 11.3 Å². The lowest BCUT2D eigenvalue weighted by atomic mass is 10.1. The zero-order valence-electron chi connectivity index (χ0n) is 18.5. The van der Waals surface area contributed by atoms with E-state index in [9.17, 15) is 14.7 Å². The summed E-state index contributed by atoms with van der Waals surface area (Å²) in [5.74, 6) is -0.164. The number of aromatic hydroxyl groups is 1. The van der Waals surface area contributed by atoms with Gasteiger partial charge < -0.3 is 26.0 Å². The fraction of sp³-hybridized carbons (Fsp3) is 0.292. The highest BCUT2D eigenvalue weighted by Gasteiger charge is 2.17. The molecule has 2 aromatic carbocycles. The van der Waals surface area contributed by atoms with Gasteiger partial charge in [-0.1, -0.05) is 35.5 Å². The van der Waals surface area contributed by atoms with Crippen molar-refractivity contribution in [3.05, 3.63) is 70.9 Å². The number of aryl methyl sites for hydroxylation is 2. The first-order valence-electron chi connectivity index (χ1n) is 10.4. The molecule has 0 unspecified atom stereocenters. The summed E-state index contributed by atoms with van der Waals surface area (Å²) in [4.78, 5) is 24.1. The molecule has 0 atom stereocenters. The molecule has 0 saturated carbocycles. The number of aromatic nitrogens is 1. The Morgan fingerprint density at radius 1 is 1.16 bits per heavy atom. The van der Waals surface area contributed by atoms with Crippen LogP contribution in [0.2, 0.25) is 0 Å². The summed E-state index contributed by atoms with van der Waals surface area (Å²) >= 11 is 0. The number of nitrogens with two attached hydrogens (primary N) is 2. The summed E-state index contributed by atoms with van der Waals surface area (Å²) < 4.78 is 4.98. The Bertz CT molecular complexity index is 1010. The number of benzene rings is 2. The Kier molecular flexibility index (Phi) is 9.59. The van der Waals surface area contributed by atoms with Crippen LogP contribution in [0.15, 0.2) is 53.1 Å². The molecular formula is C24H30N4O4. The number of hydrogen-bond donors (Lipinski definition) is 3. The van der Waals surface area contributed by atoms with Crippen LogP contribution in [0, 0.1) is 0 Å². The van der Waals surface area contributed by atoms with E-state index in [0.29, 0.717) is 30.7 Å². The number of carbonyl (C=O) groups is 2. The van der Waals surface area contributed by atoms with Gasteiger partial charge in [0.05, 0.1) is 5.56 Å². The first-order chi connectivity index (χ1) is 15.5. The summed E-state index contributed by atoms with van der Waals surface area (Å²) in [7, 11) is 3.11. The molecule has 8 nitrogen and oxygen atoms in total. The van der Waals surface area contributed by atoms with Gasteiger partial charge in [0.1, 0.15) is 11.4 Å². The van der Waals surface area contributed by atoms with Crippen molar-refractivity contribution in [1.29, 1.82) is 0 Å². The average molecular weight is 439 g/mol. The number of carbonyl (C=O) groups excluding carboxylic acids is 2. The fourth-order valence-electron chi connectivity index (χ4n) is 3.36. The first kappa shape index (κ1) is 24.8. The minimum atomic E-state index is -0.323. The van der Waals surface area contributed by atoms with Crippen LogP contribution in [-0.2, 0) is 12.8 Å². The van der Waals surface area contributed by atoms with Crippen molar-refractivity contribution >= 4 is 12.2 Å². The second kappa shape index (κ2) is 12.4. The van der Waals surface area contributed by atoms with E-state index in [2.05, 4.69) is 35.2 Å². The van der Waals surface area contributed by atoms with Crippen molar-refractivity contribution in [2.24, 2.45) is 11.5 Å². The van der Waals surface area contributed by atoms with Crippen LogP contribution >= 0.6 is 0 Å². The lowest BCUT2D eigenvalue weighted by Crippen LogP contribution is -2.31. The largest absolute Gasteiger partial charge is 0.507 e. The molecule has 1 heterocycles. The number of hydrogen-bond acceptors (Lipinski definition) is 7. The molecule has 0 spiro atoms. The lowest BCUT2D eigenvalue weighted by Gasteiger charge is -2.16. The van der Waals surface area contributed by atoms with Crippen LogP contribution in [0.1, 0.15) is 38.4 Å². The molecule has 170 valence electrons. The number of fused-ring (bicyclic) bond motifs is 1. The maximum atomic E-state index is 12.1. The fourth-order valence-corrected chi connectivity index (χ4v) is 3.36. The van der Waals surface area contributed by atoms with Gasteiger partial charge in [0.2, 0.25) is 0 Å². The molecule has 0 saturated heterocycles. The van der Waals surface area contributed by atoms with Gasteiger partial charge in [-0.25, -0.2) is 0 Å². The third-order valence-corrected chi connectivity index (χ3v) is 4.98. The van der Waals surface area contributed by atoms with E-state index < -0.39 is 0 Å². The van der Waals surface area contributed by atoms with Gasteiger partial charge >= 0.3 is 0 Å². The summed E-state index contributed by atoms with van der Waals surface area (Å²) in [6.07, 6.45) is 4.53. The molecule has 1 aliphatic rings. The number of aldehydes is 1. The van der Waals surface area contributed by atoms with Crippen LogP contribution < -0.4 is 11.5 Å². The van der Waals surface area contributed by atoms with Crippen molar-refractivity contribution in [1.82, 2.24) is 10.1 Å². The number of phenolic OH excluding ortho intramolecular Hbond substituents is 1. The minimum Gasteiger partial charge on any atom is -0.507 e. The summed E-state index contributed by atoms with van der Waals surface area (Å²) in [5.41, 5.74) is 13.9. The molecule has 4 rings (SSSR count). The molecule has 1 amide bonds. The summed E-state index contributed by atoms with van der Waals surface area (Å²) in [6.45, 7) is 0.735. The van der Waals surface area contributed by atoms with E-state index in [1.165, 1.54) is 49.4 Å². The van der Waals surface area contributed by atoms with E-state index >= 15 is 0 Å². The maximum absolute atomic E-state index is 12.1. The number of phenols is 1. The standard InChI is InChI=1S/C14H15N3O4.C9H10.CH5N/c1-17(5-4-15)14(20)11-3-2-9(6-12(11)19)13-7-10(8-18)16-21-13;1-2-5-9-7-3-6-8(9)4-1;1-2/h2-3,6-8,19H,4-5,15H2,1H3;1-2,4-5H,3,6-7H2;2H2,1H3. The minimum absolute atomic E-state index is 0.160. The molecular weight excluding hydrogens is 408 g/mol. The van der Waals surface area contributed by atoms with Crippen molar-refractivity contribution in [3.63, 3.8) is 0 Å². The number of likely N-dealkylation sites (N-methyl/N-ethyl adjacent to an activating group) is 1. The highest BCUT2D eigenvalue weighted by molar-refractivity contribution is 5.97. The molecule has 8 heteroatoms. The van der Waals surface area contributed by atoms with Crippen LogP contribution in [-0.4, -0.2) is 54.5 Å². The molecule has 0 aliphatic heterocycles. The molecule has 1 aliphatic carbocycles. The normalized spacial score (nSPS) is 11.4. The average Bonchev–Trinajstić information content (AvgIpc) is 3.50. The van der Waals surface area contributed by atoms with Gasteiger partial charge in [-0.15, -0.1) is 0 Å². The van der Waals surface area contributed by atoms with Gasteiger partial charge in [-0.05, 0) is 49.6 Å². The van der Waals surface area contributed by atoms with Gasteiger partial charge in [-0.2, -0.15) is 0 Å². The number of nitrogens with zero attached hydrogens (tertiary/aromatic N) is 2. The van der Waals surface area contributed by atoms with E-state index in [1.807, 2.05) is 0 Å². The zero-order valence-corrected chi connectivity index (χ0v) is 18.5. The first-order valence-corrected chi connectivity index (χ1v) is 10.4. The Morgan fingerprint density at radius 2 is 1.81 bits per heavy atom. The predicted molar refractivity (Wildman–Crippen MR) is 124 cm³/mol. The lowest BCUT2D eigenvalue weighted by molar-refractivity contribution is 0.0796. The highest BCUT2D eigenvalue weighted by Crippen LogP contribution is 2.27. The zero-order chi connectivity index (χ0) is 23.5. The monoisotopic (exact) mass is 438 g/mol. The smallest absolute Gasteiger partial charge is 0.257 e. The van der Waals surface area contributed by atoms with Gasteiger partial charge in [0.25, 0.3) is 5.91 Å². The Labute approximate surface area is 187 Å². The quantitative estimate of drug-likeness (QED) is 0.521. The molecule has 32 heavy (non-hydrogen) atoms. The Morgan fingerprint density at radius 3 is 2.34 bits per heavy atom. The summed E-state index contributed by atoms with van der Waals surface area (Å²) in [6, 6.07) is 14.7. The molecule has 0 bridgehead atoms. The topological polar surface area (TPSA) is 136 Å². The van der Waals surface area contributed by atoms with Crippen LogP contribution in [0.5, 0.6) is 5.75 Å². The summed E-state index contributed by atoms with van der Waals surface area (Å²) in [5, 5.41) is 13.5. The van der Waals surface area contributed by atoms with Crippen LogP contribution in [0.4, 0.5) is 0 Å². The van der Waals surface area contributed by atoms with Crippen molar-refractivity contribution in [3.8, 4) is 17.1 Å². The second-order valence-corrected chi connectivity index (χ2v) is 7.10. The SMILES string of the molecule is CN.CN(CCN)C(=O)c1ccc(-c2cc(C=O)no2)cc1O.c1ccc2c(c1)CCC2. The van der Waals surface area contributed by atoms with Gasteiger partial charge in [-0.3, -0.25) is 9.59 Å². The van der Waals surface area contributed by atoms with Crippen molar-refractivity contribution in [2.75, 3.05) is 27.2 Å². The number of rotatable bonds is 5. The highest BCUT2D eigenvalue weighted by atomic mass is 16.5. The van der Waals surface area contributed by atoms with E-state index in [0.717, 1.165) is 0 Å². The molecule has 5 N–H and O–H groups in total. The van der Waals surface area contributed by atoms with Crippen molar-refractivity contribution < 1.29 is 19.2 Å². The van der Waals surface area contributed by atoms with E-state index in [4.69, 9.17) is 10.3 Å². The second-order valence-electron chi connectivity index (χ2n) is 7.10. The Balaban J connectivity index is 0.000000271. The third-order valence-electron chi connectivity index (χ3n) is 4.98. The maximum Gasteiger partial charge on any atom is 0.257 e. The van der Waals surface area contributed by atoms with E-state index in [1.54, 1.807) is 24.2 Å². The van der Waals surface area contributed by atoms with Gasteiger partial charge in [0.15, 0.2) is 12.0 Å². The van der Waals surface area contributed by atoms with Gasteiger partial charge in [0, 0.05) is 31.8 Å². The third kappa shape index (κ3) is 6.26. The molecule has 1 aromatic heterocycles. The predicted octanol–water partition coefficient (Wildman–Crippen LogP) is 2.64. The molecule has 0 radical (unpaired) electrons.